The number of benzene rings is 2. The van der Waals surface area contributed by atoms with Crippen LogP contribution in [-0.2, 0) is 17.6 Å². The summed E-state index contributed by atoms with van der Waals surface area (Å²) in [6, 6.07) is 6.33. The number of methoxy groups -OCH3 is 2. The Morgan fingerprint density at radius 3 is 2.59 bits per heavy atom. The minimum absolute atomic E-state index is 0. The van der Waals surface area contributed by atoms with Crippen LogP contribution in [0.1, 0.15) is 24.0 Å². The minimum atomic E-state index is -0.696. The van der Waals surface area contributed by atoms with Gasteiger partial charge in [0.1, 0.15) is 5.75 Å². The lowest BCUT2D eigenvalue weighted by atomic mass is 10.0. The number of phenolic OH excluding ortho intramolecular Hbond substituents is 1. The summed E-state index contributed by atoms with van der Waals surface area (Å²) in [5.41, 5.74) is 7.83. The number of urea groups is 1. The highest BCUT2D eigenvalue weighted by atomic mass is 35.5. The second-order valence-electron chi connectivity index (χ2n) is 7.51. The molecule has 0 bridgehead atoms. The average Bonchev–Trinajstić information content (AvgIpc) is 2.79. The number of nitrogens with one attached hydrogen (secondary N) is 3. The molecule has 0 saturated heterocycles. The summed E-state index contributed by atoms with van der Waals surface area (Å²) in [6.07, 6.45) is 2.28. The van der Waals surface area contributed by atoms with Crippen LogP contribution in [0.25, 0.3) is 0 Å². The molecule has 6 N–H and O–H groups in total. The Balaban J connectivity index is 0.00000408. The Morgan fingerprint density at radius 1 is 1.12 bits per heavy atom. The highest BCUT2D eigenvalue weighted by Gasteiger charge is 2.22. The third kappa shape index (κ3) is 6.58. The lowest BCUT2D eigenvalue weighted by Gasteiger charge is -2.23. The van der Waals surface area contributed by atoms with Gasteiger partial charge in [-0.2, -0.15) is 0 Å². The molecule has 2 aromatic carbocycles. The number of aromatic hydroxyl groups is 1. The number of fused-ring (bicyclic) bond motifs is 1. The minimum Gasteiger partial charge on any atom is -0.504 e. The fourth-order valence-electron chi connectivity index (χ4n) is 3.71. The van der Waals surface area contributed by atoms with E-state index in [0.29, 0.717) is 61.0 Å². The first-order chi connectivity index (χ1) is 15.9. The molecular formula is C23H31ClN4O6. The van der Waals surface area contributed by atoms with Gasteiger partial charge in [-0.15, -0.1) is 12.4 Å². The van der Waals surface area contributed by atoms with Crippen molar-refractivity contribution >= 4 is 35.7 Å². The largest absolute Gasteiger partial charge is 0.504 e. The Morgan fingerprint density at radius 2 is 1.88 bits per heavy atom. The molecule has 1 heterocycles. The number of rotatable bonds is 11. The highest BCUT2D eigenvalue weighted by Crippen LogP contribution is 2.39. The van der Waals surface area contributed by atoms with E-state index in [1.54, 1.807) is 18.2 Å². The molecule has 3 rings (SSSR count). The summed E-state index contributed by atoms with van der Waals surface area (Å²) in [5.74, 6) is 1.48. The molecule has 34 heavy (non-hydrogen) atoms. The molecule has 10 nitrogen and oxygen atoms in total. The summed E-state index contributed by atoms with van der Waals surface area (Å²) in [6.45, 7) is 1.89. The Kier molecular flexibility index (Phi) is 10.1. The van der Waals surface area contributed by atoms with Gasteiger partial charge in [0.2, 0.25) is 11.7 Å². The maximum Gasteiger partial charge on any atom is 0.316 e. The molecule has 0 atom stereocenters. The van der Waals surface area contributed by atoms with E-state index in [9.17, 15) is 14.7 Å². The third-order valence-electron chi connectivity index (χ3n) is 5.32. The number of phenols is 1. The highest BCUT2D eigenvalue weighted by molar-refractivity contribution is 6.02. The lowest BCUT2D eigenvalue weighted by molar-refractivity contribution is -0.116. The number of ether oxygens (including phenoxy) is 3. The maximum absolute atomic E-state index is 11.8. The standard InChI is InChI=1S/C23H30N4O6.ClH/c1-31-18-7-4-14(21(29)22(18)32-2)10-12-25-11-3-13-33-17-8-6-16(26-23(24)30)20-15(17)5-9-19(28)27-20;/h4,6-8,25,29H,3,5,9-13H2,1-2H3,(H,27,28)(H3,24,26,30);1H. The van der Waals surface area contributed by atoms with E-state index in [4.69, 9.17) is 19.9 Å². The summed E-state index contributed by atoms with van der Waals surface area (Å²) < 4.78 is 16.3. The van der Waals surface area contributed by atoms with Crippen LogP contribution < -0.4 is 35.9 Å². The van der Waals surface area contributed by atoms with Crippen LogP contribution in [-0.4, -0.2) is 51.0 Å². The van der Waals surface area contributed by atoms with Crippen LogP contribution in [0.4, 0.5) is 16.2 Å². The zero-order valence-corrected chi connectivity index (χ0v) is 20.0. The van der Waals surface area contributed by atoms with Crippen molar-refractivity contribution in [1.29, 1.82) is 0 Å². The molecule has 1 aliphatic rings. The van der Waals surface area contributed by atoms with Gasteiger partial charge in [-0.25, -0.2) is 4.79 Å². The van der Waals surface area contributed by atoms with Crippen LogP contribution >= 0.6 is 12.4 Å². The van der Waals surface area contributed by atoms with Crippen molar-refractivity contribution in [3.8, 4) is 23.0 Å². The van der Waals surface area contributed by atoms with E-state index >= 15 is 0 Å². The SMILES string of the molecule is COc1ccc(CCNCCCOc2ccc(NC(N)=O)c3c2CCC(=O)N3)c(O)c1OC.Cl. The summed E-state index contributed by atoms with van der Waals surface area (Å²) >= 11 is 0. The number of halogens is 1. The molecule has 1 aliphatic heterocycles. The van der Waals surface area contributed by atoms with E-state index in [-0.39, 0.29) is 24.1 Å². The monoisotopic (exact) mass is 494 g/mol. The van der Waals surface area contributed by atoms with Gasteiger partial charge in [0.25, 0.3) is 0 Å². The van der Waals surface area contributed by atoms with E-state index in [1.807, 2.05) is 6.07 Å². The van der Waals surface area contributed by atoms with E-state index in [1.165, 1.54) is 14.2 Å². The van der Waals surface area contributed by atoms with Crippen molar-refractivity contribution in [1.82, 2.24) is 5.32 Å². The zero-order valence-electron chi connectivity index (χ0n) is 19.2. The second-order valence-corrected chi connectivity index (χ2v) is 7.51. The van der Waals surface area contributed by atoms with Crippen molar-refractivity contribution in [2.75, 3.05) is 44.5 Å². The third-order valence-corrected chi connectivity index (χ3v) is 5.32. The molecule has 0 spiro atoms. The molecule has 11 heteroatoms. The quantitative estimate of drug-likeness (QED) is 0.302. The van der Waals surface area contributed by atoms with Gasteiger partial charge in [0, 0.05) is 12.0 Å². The smallest absolute Gasteiger partial charge is 0.316 e. The molecule has 3 amide bonds. The number of anilines is 2. The number of carbonyl (C=O) groups is 2. The summed E-state index contributed by atoms with van der Waals surface area (Å²) in [4.78, 5) is 23.0. The first-order valence-corrected chi connectivity index (χ1v) is 10.7. The predicted molar refractivity (Wildman–Crippen MR) is 132 cm³/mol. The fourth-order valence-corrected chi connectivity index (χ4v) is 3.71. The summed E-state index contributed by atoms with van der Waals surface area (Å²) in [5, 5.41) is 19.0. The van der Waals surface area contributed by atoms with Crippen LogP contribution in [0.3, 0.4) is 0 Å². The van der Waals surface area contributed by atoms with Crippen molar-refractivity contribution in [3.63, 3.8) is 0 Å². The van der Waals surface area contributed by atoms with Gasteiger partial charge in [-0.05, 0) is 56.1 Å². The number of nitrogens with two attached hydrogens (primary N) is 1. The van der Waals surface area contributed by atoms with Gasteiger partial charge >= 0.3 is 6.03 Å². The van der Waals surface area contributed by atoms with Gasteiger partial charge in [0.15, 0.2) is 11.5 Å². The summed E-state index contributed by atoms with van der Waals surface area (Å²) in [7, 11) is 3.02. The van der Waals surface area contributed by atoms with E-state index in [0.717, 1.165) is 24.1 Å². The Labute approximate surface area is 204 Å². The number of hydrogen-bond donors (Lipinski definition) is 5. The van der Waals surface area contributed by atoms with Crippen molar-refractivity contribution in [3.05, 3.63) is 35.4 Å². The predicted octanol–water partition coefficient (Wildman–Crippen LogP) is 2.81. The van der Waals surface area contributed by atoms with E-state index < -0.39 is 6.03 Å². The van der Waals surface area contributed by atoms with Crippen LogP contribution in [0.2, 0.25) is 0 Å². The molecular weight excluding hydrogens is 464 g/mol. The van der Waals surface area contributed by atoms with Crippen molar-refractivity contribution in [2.45, 2.75) is 25.7 Å². The molecule has 0 saturated carbocycles. The van der Waals surface area contributed by atoms with Crippen molar-refractivity contribution in [2.24, 2.45) is 5.73 Å². The van der Waals surface area contributed by atoms with Crippen LogP contribution in [0, 0.1) is 0 Å². The number of primary amides is 1. The Hall–Kier alpha value is -3.37. The molecule has 186 valence electrons. The van der Waals surface area contributed by atoms with Crippen LogP contribution in [0.15, 0.2) is 24.3 Å². The normalized spacial score (nSPS) is 12.1. The molecule has 2 aromatic rings. The fraction of sp³-hybridized carbons (Fsp3) is 0.391. The topological polar surface area (TPSA) is 144 Å². The second kappa shape index (κ2) is 12.8. The molecule has 0 radical (unpaired) electrons. The number of amides is 3. The van der Waals surface area contributed by atoms with Gasteiger partial charge < -0.3 is 41.0 Å². The molecule has 0 fully saturated rings. The molecule has 0 aliphatic carbocycles. The zero-order chi connectivity index (χ0) is 23.8. The molecule has 0 aromatic heterocycles. The first-order valence-electron chi connectivity index (χ1n) is 10.7. The Bertz CT molecular complexity index is 1020. The van der Waals surface area contributed by atoms with Crippen LogP contribution in [0.5, 0.6) is 23.0 Å². The number of carbonyl (C=O) groups excluding carboxylic acids is 2. The average molecular weight is 495 g/mol. The van der Waals surface area contributed by atoms with Crippen molar-refractivity contribution < 1.29 is 28.9 Å². The number of hydrogen-bond acceptors (Lipinski definition) is 7. The van der Waals surface area contributed by atoms with Gasteiger partial charge in [-0.1, -0.05) is 6.07 Å². The van der Waals surface area contributed by atoms with Gasteiger partial charge in [0.05, 0.1) is 32.2 Å². The van der Waals surface area contributed by atoms with Gasteiger partial charge in [-0.3, -0.25) is 4.79 Å². The maximum atomic E-state index is 11.8. The van der Waals surface area contributed by atoms with E-state index in [2.05, 4.69) is 16.0 Å². The molecule has 0 unspecified atom stereocenters. The lowest BCUT2D eigenvalue weighted by Crippen LogP contribution is -2.25. The first kappa shape index (κ1) is 26.9.